The molecule has 1 atom stereocenters. The van der Waals surface area contributed by atoms with Gasteiger partial charge in [0.2, 0.25) is 16.5 Å². The minimum Gasteiger partial charge on any atom is -0.455 e. The smallest absolute Gasteiger partial charge is 0.455 e. The predicted molar refractivity (Wildman–Crippen MR) is 89.9 cm³/mol. The molecule has 0 saturated carbocycles. The highest BCUT2D eigenvalue weighted by Crippen LogP contribution is 2.38. The first-order chi connectivity index (χ1) is 11.1. The van der Waals surface area contributed by atoms with Crippen molar-refractivity contribution < 1.29 is 22.5 Å². The summed E-state index contributed by atoms with van der Waals surface area (Å²) in [5, 5.41) is 0.00224. The van der Waals surface area contributed by atoms with Gasteiger partial charge in [-0.2, -0.15) is 13.2 Å². The summed E-state index contributed by atoms with van der Waals surface area (Å²) >= 11 is 11.5. The van der Waals surface area contributed by atoms with Gasteiger partial charge < -0.3 is 10.5 Å². The number of alkyl halides is 3. The molecule has 2 rings (SSSR count). The molecule has 2 N–H and O–H groups in total. The van der Waals surface area contributed by atoms with Gasteiger partial charge in [-0.1, -0.05) is 18.5 Å². The van der Waals surface area contributed by atoms with E-state index >= 15 is 0 Å². The van der Waals surface area contributed by atoms with Crippen LogP contribution in [0.1, 0.15) is 18.1 Å². The average molecular weight is 397 g/mol. The van der Waals surface area contributed by atoms with Gasteiger partial charge in [-0.25, -0.2) is 0 Å². The van der Waals surface area contributed by atoms with E-state index < -0.39 is 18.9 Å². The maximum absolute atomic E-state index is 12.7. The third-order valence-corrected chi connectivity index (χ3v) is 4.87. The molecule has 9 heteroatoms. The molecule has 24 heavy (non-hydrogen) atoms. The Kier molecular flexibility index (Phi) is 5.63. The molecule has 0 amide bonds. The topological polar surface area (TPSA) is 52.3 Å². The van der Waals surface area contributed by atoms with Crippen molar-refractivity contribution in [3.8, 4) is 11.5 Å². The van der Waals surface area contributed by atoms with Crippen LogP contribution in [0, 0.1) is 0 Å². The minimum absolute atomic E-state index is 0.0416. The van der Waals surface area contributed by atoms with Gasteiger partial charge in [0, 0.05) is 6.07 Å². The van der Waals surface area contributed by atoms with E-state index in [9.17, 15) is 17.7 Å². The van der Waals surface area contributed by atoms with E-state index in [1.54, 1.807) is 6.07 Å². The normalized spacial score (nSPS) is 12.2. The highest BCUT2D eigenvalue weighted by molar-refractivity contribution is 7.80. The second-order valence-electron chi connectivity index (χ2n) is 4.86. The van der Waals surface area contributed by atoms with Gasteiger partial charge in [0.1, 0.15) is 11.5 Å². The molecule has 2 aromatic rings. The molecule has 2 aromatic carbocycles. The number of nitrogen functional groups attached to an aromatic ring is 1. The van der Waals surface area contributed by atoms with E-state index in [-0.39, 0.29) is 27.5 Å². The predicted octanol–water partition coefficient (Wildman–Crippen LogP) is 5.90. The summed E-state index contributed by atoms with van der Waals surface area (Å²) in [4.78, 5) is 0. The van der Waals surface area contributed by atoms with Crippen LogP contribution in [0.25, 0.3) is 0 Å². The highest BCUT2D eigenvalue weighted by Gasteiger charge is 2.31. The van der Waals surface area contributed by atoms with Gasteiger partial charge in [0.25, 0.3) is 0 Å². The molecule has 0 fully saturated rings. The summed E-state index contributed by atoms with van der Waals surface area (Å²) < 4.78 is 55.1. The second kappa shape index (κ2) is 7.18. The van der Waals surface area contributed by atoms with E-state index in [1.807, 2.05) is 6.92 Å². The Morgan fingerprint density at radius 3 is 2.38 bits per heavy atom. The first kappa shape index (κ1) is 18.8. The molecule has 0 bridgehead atoms. The molecule has 0 heterocycles. The Morgan fingerprint density at radius 2 is 1.88 bits per heavy atom. The molecule has 0 saturated heterocycles. The van der Waals surface area contributed by atoms with Crippen LogP contribution in [0.15, 0.2) is 30.3 Å². The van der Waals surface area contributed by atoms with E-state index in [2.05, 4.69) is 0 Å². The van der Waals surface area contributed by atoms with Crippen LogP contribution in [-0.4, -0.2) is 0 Å². The number of hydrogen-bond donors (Lipinski definition) is 1. The molecule has 3 nitrogen and oxygen atoms in total. The molecular formula is C15H12Cl2F3NO2P+. The summed E-state index contributed by atoms with van der Waals surface area (Å²) in [6.07, 6.45) is -3.96. The number of anilines is 1. The number of ether oxygens (including phenoxy) is 1. The summed E-state index contributed by atoms with van der Waals surface area (Å²) in [7, 11) is -2.22. The minimum atomic E-state index is -4.50. The average Bonchev–Trinajstić information content (AvgIpc) is 2.49. The fourth-order valence-corrected chi connectivity index (χ4v) is 3.18. The zero-order valence-electron chi connectivity index (χ0n) is 12.3. The fourth-order valence-electron chi connectivity index (χ4n) is 2.03. The molecule has 1 unspecified atom stereocenters. The summed E-state index contributed by atoms with van der Waals surface area (Å²) in [6.45, 7) is 1.84. The highest BCUT2D eigenvalue weighted by atomic mass is 35.7. The number of rotatable bonds is 4. The zero-order valence-corrected chi connectivity index (χ0v) is 14.7. The van der Waals surface area contributed by atoms with Crippen LogP contribution in [0.2, 0.25) is 5.02 Å². The zero-order chi connectivity index (χ0) is 18.1. The lowest BCUT2D eigenvalue weighted by molar-refractivity contribution is -0.137. The van der Waals surface area contributed by atoms with Crippen LogP contribution in [0.3, 0.4) is 0 Å². The molecule has 0 aliphatic heterocycles. The summed E-state index contributed by atoms with van der Waals surface area (Å²) in [6, 6.07) is 5.75. The van der Waals surface area contributed by atoms with Crippen molar-refractivity contribution in [3.63, 3.8) is 0 Å². The maximum atomic E-state index is 12.7. The Bertz CT molecular complexity index is 797. The molecule has 0 aliphatic rings. The number of nitrogens with two attached hydrogens (primary N) is 1. The first-order valence-corrected chi connectivity index (χ1v) is 9.27. The van der Waals surface area contributed by atoms with E-state index in [0.717, 1.165) is 18.2 Å². The van der Waals surface area contributed by atoms with Crippen LogP contribution in [0.5, 0.6) is 11.5 Å². The first-order valence-electron chi connectivity index (χ1n) is 6.73. The largest absolute Gasteiger partial charge is 0.496 e. The lowest BCUT2D eigenvalue weighted by Gasteiger charge is -2.13. The number of hydrogen-bond acceptors (Lipinski definition) is 3. The van der Waals surface area contributed by atoms with Crippen LogP contribution in [0.4, 0.5) is 18.9 Å². The SMILES string of the molecule is CCc1cc(N)c([P+](=O)Cl)cc1Oc1ccc(C(F)(F)F)cc1Cl. The standard InChI is InChI=1S/C15H12Cl2F3NO2P/c1-2-8-5-11(21)14(24(17)22)7-13(8)23-12-4-3-9(6-10(12)16)15(18,19)20/h3-7H,2,21H2,1H3/q+1. The van der Waals surface area contributed by atoms with Crippen molar-refractivity contribution in [3.05, 3.63) is 46.5 Å². The molecule has 128 valence electrons. The number of aryl methyl sites for hydroxylation is 1. The second-order valence-corrected chi connectivity index (χ2v) is 7.16. The monoisotopic (exact) mass is 396 g/mol. The van der Waals surface area contributed by atoms with Gasteiger partial charge >= 0.3 is 13.3 Å². The number of halogens is 5. The third kappa shape index (κ3) is 4.12. The summed E-state index contributed by atoms with van der Waals surface area (Å²) in [5.41, 5.74) is 5.84. The lowest BCUT2D eigenvalue weighted by atomic mass is 10.1. The summed E-state index contributed by atoms with van der Waals surface area (Å²) in [5.74, 6) is 0.326. The molecule has 0 radical (unpaired) electrons. The lowest BCUT2D eigenvalue weighted by Crippen LogP contribution is -2.07. The Balaban J connectivity index is 2.44. The van der Waals surface area contributed by atoms with Crippen molar-refractivity contribution in [2.75, 3.05) is 5.73 Å². The fraction of sp³-hybridized carbons (Fsp3) is 0.200. The van der Waals surface area contributed by atoms with Crippen molar-refractivity contribution in [2.24, 2.45) is 0 Å². The quantitative estimate of drug-likeness (QED) is 0.516. The van der Waals surface area contributed by atoms with E-state index in [0.29, 0.717) is 12.0 Å². The molecule has 0 aromatic heterocycles. The van der Waals surface area contributed by atoms with Crippen LogP contribution in [-0.2, 0) is 17.2 Å². The Labute approximate surface area is 147 Å². The van der Waals surface area contributed by atoms with Crippen molar-refractivity contribution in [1.29, 1.82) is 0 Å². The number of benzene rings is 2. The van der Waals surface area contributed by atoms with E-state index in [4.69, 9.17) is 33.3 Å². The Hall–Kier alpha value is -1.49. The van der Waals surface area contributed by atoms with Crippen LogP contribution >= 0.6 is 30.0 Å². The van der Waals surface area contributed by atoms with Crippen molar-refractivity contribution in [2.45, 2.75) is 19.5 Å². The van der Waals surface area contributed by atoms with Crippen molar-refractivity contribution in [1.82, 2.24) is 0 Å². The van der Waals surface area contributed by atoms with Crippen molar-refractivity contribution >= 4 is 41.0 Å². The molecule has 0 aliphatic carbocycles. The van der Waals surface area contributed by atoms with Gasteiger partial charge in [-0.3, -0.25) is 0 Å². The van der Waals surface area contributed by atoms with Gasteiger partial charge in [-0.05, 0) is 40.8 Å². The van der Waals surface area contributed by atoms with Gasteiger partial charge in [0.15, 0.2) is 0 Å². The maximum Gasteiger partial charge on any atom is 0.496 e. The van der Waals surface area contributed by atoms with Gasteiger partial charge in [0.05, 0.1) is 16.3 Å². The molecule has 0 spiro atoms. The Morgan fingerprint density at radius 1 is 1.21 bits per heavy atom. The van der Waals surface area contributed by atoms with Crippen LogP contribution < -0.4 is 15.8 Å². The van der Waals surface area contributed by atoms with E-state index in [1.165, 1.54) is 6.07 Å². The third-order valence-electron chi connectivity index (χ3n) is 3.26. The van der Waals surface area contributed by atoms with Gasteiger partial charge in [-0.15, -0.1) is 0 Å². The molecular weight excluding hydrogens is 385 g/mol.